The lowest BCUT2D eigenvalue weighted by Crippen LogP contribution is -2.23. The molecule has 2 aromatic heterocycles. The van der Waals surface area contributed by atoms with Crippen LogP contribution in [0, 0.1) is 11.3 Å². The van der Waals surface area contributed by atoms with Gasteiger partial charge in [0, 0.05) is 31.3 Å². The lowest BCUT2D eigenvalue weighted by molar-refractivity contribution is 0.0649. The van der Waals surface area contributed by atoms with Gasteiger partial charge in [0.1, 0.15) is 0 Å². The SMILES string of the molecule is N#Cc1cc(NCc2nnnn2C2CCOCC2)cc(-c2ccncc2)c1. The number of benzene rings is 1. The molecule has 1 aliphatic heterocycles. The molecule has 3 aromatic rings. The van der Waals surface area contributed by atoms with Gasteiger partial charge in [-0.2, -0.15) is 5.26 Å². The second-order valence-corrected chi connectivity index (χ2v) is 6.38. The zero-order chi connectivity index (χ0) is 18.5. The van der Waals surface area contributed by atoms with Crippen LogP contribution in [-0.4, -0.2) is 38.4 Å². The summed E-state index contributed by atoms with van der Waals surface area (Å²) < 4.78 is 7.30. The maximum Gasteiger partial charge on any atom is 0.170 e. The normalized spacial score (nSPS) is 14.6. The lowest BCUT2D eigenvalue weighted by Gasteiger charge is -2.22. The number of anilines is 1. The van der Waals surface area contributed by atoms with Crippen molar-refractivity contribution < 1.29 is 4.74 Å². The van der Waals surface area contributed by atoms with Crippen molar-refractivity contribution in [1.82, 2.24) is 25.2 Å². The van der Waals surface area contributed by atoms with Gasteiger partial charge in [-0.05, 0) is 64.7 Å². The van der Waals surface area contributed by atoms with E-state index < -0.39 is 0 Å². The molecule has 0 bridgehead atoms. The molecule has 1 N–H and O–H groups in total. The third kappa shape index (κ3) is 3.93. The predicted molar refractivity (Wildman–Crippen MR) is 98.6 cm³/mol. The van der Waals surface area contributed by atoms with Gasteiger partial charge >= 0.3 is 0 Å². The molecule has 0 atom stereocenters. The molecule has 136 valence electrons. The summed E-state index contributed by atoms with van der Waals surface area (Å²) in [6.07, 6.45) is 5.30. The number of nitrogens with one attached hydrogen (secondary N) is 1. The van der Waals surface area contributed by atoms with Crippen LogP contribution in [0.25, 0.3) is 11.1 Å². The van der Waals surface area contributed by atoms with Gasteiger partial charge in [0.15, 0.2) is 5.82 Å². The van der Waals surface area contributed by atoms with Gasteiger partial charge in [0.25, 0.3) is 0 Å². The highest BCUT2D eigenvalue weighted by Gasteiger charge is 2.20. The van der Waals surface area contributed by atoms with Gasteiger partial charge in [-0.25, -0.2) is 4.68 Å². The topological polar surface area (TPSA) is 102 Å². The third-order valence-electron chi connectivity index (χ3n) is 4.62. The summed E-state index contributed by atoms with van der Waals surface area (Å²) in [5.41, 5.74) is 3.42. The Balaban J connectivity index is 1.54. The summed E-state index contributed by atoms with van der Waals surface area (Å²) in [7, 11) is 0. The summed E-state index contributed by atoms with van der Waals surface area (Å²) in [6.45, 7) is 1.95. The average molecular weight is 361 g/mol. The first-order chi connectivity index (χ1) is 13.3. The Hall–Kier alpha value is -3.31. The van der Waals surface area contributed by atoms with Gasteiger partial charge in [0.2, 0.25) is 0 Å². The molecule has 1 saturated heterocycles. The van der Waals surface area contributed by atoms with Crippen LogP contribution in [0.15, 0.2) is 42.7 Å². The smallest absolute Gasteiger partial charge is 0.170 e. The van der Waals surface area contributed by atoms with E-state index in [9.17, 15) is 5.26 Å². The number of nitrogens with zero attached hydrogens (tertiary/aromatic N) is 6. The fourth-order valence-corrected chi connectivity index (χ4v) is 3.23. The van der Waals surface area contributed by atoms with Crippen LogP contribution in [0.3, 0.4) is 0 Å². The van der Waals surface area contributed by atoms with Crippen LogP contribution in [-0.2, 0) is 11.3 Å². The summed E-state index contributed by atoms with van der Waals surface area (Å²) in [5, 5.41) is 24.8. The quantitative estimate of drug-likeness (QED) is 0.745. The highest BCUT2D eigenvalue weighted by molar-refractivity contribution is 5.70. The second kappa shape index (κ2) is 7.93. The number of pyridine rings is 1. The fourth-order valence-electron chi connectivity index (χ4n) is 3.23. The molecule has 1 fully saturated rings. The molecular weight excluding hydrogens is 342 g/mol. The van der Waals surface area contributed by atoms with E-state index in [2.05, 4.69) is 31.9 Å². The van der Waals surface area contributed by atoms with Crippen molar-refractivity contribution in [3.63, 3.8) is 0 Å². The lowest BCUT2D eigenvalue weighted by atomic mass is 10.0. The van der Waals surface area contributed by atoms with Gasteiger partial charge in [0.05, 0.1) is 24.2 Å². The maximum atomic E-state index is 9.36. The summed E-state index contributed by atoms with van der Waals surface area (Å²) in [5.74, 6) is 0.773. The Labute approximate surface area is 156 Å². The van der Waals surface area contributed by atoms with Crippen LogP contribution < -0.4 is 5.32 Å². The largest absolute Gasteiger partial charge is 0.381 e. The summed E-state index contributed by atoms with van der Waals surface area (Å²) in [4.78, 5) is 4.05. The van der Waals surface area contributed by atoms with Gasteiger partial charge in [-0.15, -0.1) is 5.10 Å². The number of tetrazole rings is 1. The van der Waals surface area contributed by atoms with E-state index in [1.165, 1.54) is 0 Å². The number of hydrogen-bond donors (Lipinski definition) is 1. The van der Waals surface area contributed by atoms with Crippen molar-refractivity contribution in [3.8, 4) is 17.2 Å². The second-order valence-electron chi connectivity index (χ2n) is 6.38. The molecule has 0 spiro atoms. The molecule has 8 nitrogen and oxygen atoms in total. The van der Waals surface area contributed by atoms with Crippen LogP contribution in [0.2, 0.25) is 0 Å². The van der Waals surface area contributed by atoms with Crippen LogP contribution in [0.4, 0.5) is 5.69 Å². The molecule has 0 amide bonds. The van der Waals surface area contributed by atoms with E-state index in [-0.39, 0.29) is 6.04 Å². The fraction of sp³-hybridized carbons (Fsp3) is 0.316. The van der Waals surface area contributed by atoms with Crippen molar-refractivity contribution in [2.45, 2.75) is 25.4 Å². The number of aromatic nitrogens is 5. The first kappa shape index (κ1) is 17.1. The van der Waals surface area contributed by atoms with Gasteiger partial charge in [-0.1, -0.05) is 0 Å². The Morgan fingerprint density at radius 3 is 2.74 bits per heavy atom. The molecule has 8 heteroatoms. The molecule has 4 rings (SSSR count). The van der Waals surface area contributed by atoms with Crippen molar-refractivity contribution in [3.05, 3.63) is 54.1 Å². The van der Waals surface area contributed by atoms with Crippen LogP contribution in [0.5, 0.6) is 0 Å². The first-order valence-electron chi connectivity index (χ1n) is 8.87. The minimum atomic E-state index is 0.267. The minimum Gasteiger partial charge on any atom is -0.381 e. The Bertz CT molecular complexity index is 942. The minimum absolute atomic E-state index is 0.267. The molecule has 1 aliphatic rings. The van der Waals surface area contributed by atoms with E-state index in [1.807, 2.05) is 35.0 Å². The standard InChI is InChI=1S/C19H19N7O/c20-12-14-9-16(15-1-5-21-6-2-15)11-17(10-14)22-13-19-23-24-25-26(19)18-3-7-27-8-4-18/h1-2,5-6,9-11,18,22H,3-4,7-8,13H2. The number of rotatable bonds is 5. The van der Waals surface area contributed by atoms with Crippen molar-refractivity contribution in [1.29, 1.82) is 5.26 Å². The monoisotopic (exact) mass is 361 g/mol. The molecule has 0 radical (unpaired) electrons. The first-order valence-corrected chi connectivity index (χ1v) is 8.87. The molecule has 27 heavy (non-hydrogen) atoms. The van der Waals surface area contributed by atoms with Crippen molar-refractivity contribution in [2.24, 2.45) is 0 Å². The van der Waals surface area contributed by atoms with E-state index in [4.69, 9.17) is 4.74 Å². The molecule has 0 aliphatic carbocycles. The van der Waals surface area contributed by atoms with Crippen molar-refractivity contribution in [2.75, 3.05) is 18.5 Å². The number of nitriles is 1. The summed E-state index contributed by atoms with van der Waals surface area (Å²) in [6, 6.07) is 12.0. The number of hydrogen-bond acceptors (Lipinski definition) is 7. The van der Waals surface area contributed by atoms with Gasteiger partial charge in [-0.3, -0.25) is 4.98 Å². The van der Waals surface area contributed by atoms with E-state index in [1.54, 1.807) is 12.4 Å². The zero-order valence-electron chi connectivity index (χ0n) is 14.7. The Morgan fingerprint density at radius 2 is 1.96 bits per heavy atom. The molecule has 3 heterocycles. The van der Waals surface area contributed by atoms with Gasteiger partial charge < -0.3 is 10.1 Å². The Morgan fingerprint density at radius 1 is 1.15 bits per heavy atom. The maximum absolute atomic E-state index is 9.36. The predicted octanol–water partition coefficient (Wildman–Crippen LogP) is 2.57. The Kier molecular flexibility index (Phi) is 5.03. The zero-order valence-corrected chi connectivity index (χ0v) is 14.7. The molecular formula is C19H19N7O. The molecule has 0 unspecified atom stereocenters. The van der Waals surface area contributed by atoms with Crippen molar-refractivity contribution >= 4 is 5.69 Å². The van der Waals surface area contributed by atoms with E-state index in [0.717, 1.165) is 48.7 Å². The van der Waals surface area contributed by atoms with Crippen LogP contribution >= 0.6 is 0 Å². The summed E-state index contributed by atoms with van der Waals surface area (Å²) >= 11 is 0. The third-order valence-corrected chi connectivity index (χ3v) is 4.62. The molecule has 1 aromatic carbocycles. The average Bonchev–Trinajstić information content (AvgIpc) is 3.22. The highest BCUT2D eigenvalue weighted by Crippen LogP contribution is 2.25. The van der Waals surface area contributed by atoms with E-state index in [0.29, 0.717) is 12.1 Å². The highest BCUT2D eigenvalue weighted by atomic mass is 16.5. The van der Waals surface area contributed by atoms with E-state index >= 15 is 0 Å². The number of ether oxygens (including phenoxy) is 1. The van der Waals surface area contributed by atoms with Crippen LogP contribution in [0.1, 0.15) is 30.3 Å². The molecule has 0 saturated carbocycles.